The Labute approximate surface area is 90.9 Å². The molecule has 16 heavy (non-hydrogen) atoms. The van der Waals surface area contributed by atoms with Gasteiger partial charge in [0, 0.05) is 13.6 Å². The van der Waals surface area contributed by atoms with Gasteiger partial charge in [0.1, 0.15) is 12.4 Å². The molecule has 4 nitrogen and oxygen atoms in total. The van der Waals surface area contributed by atoms with E-state index in [-0.39, 0.29) is 6.54 Å². The van der Waals surface area contributed by atoms with Gasteiger partial charge in [-0.3, -0.25) is 0 Å². The molecule has 1 heterocycles. The first-order chi connectivity index (χ1) is 7.29. The van der Waals surface area contributed by atoms with E-state index >= 15 is 0 Å². The summed E-state index contributed by atoms with van der Waals surface area (Å²) in [5.74, 6) is 0. The second-order valence-electron chi connectivity index (χ2n) is 3.56. The second kappa shape index (κ2) is 4.54. The molecule has 0 atom stereocenters. The molecule has 1 aromatic heterocycles. The summed E-state index contributed by atoms with van der Waals surface area (Å²) < 4.78 is 38.7. The normalized spacial score (nSPS) is 11.6. The van der Waals surface area contributed by atoms with Crippen LogP contribution in [-0.2, 0) is 7.05 Å². The van der Waals surface area contributed by atoms with Crippen LogP contribution in [0, 0.1) is 0 Å². The fraction of sp³-hybridized carbons (Fsp3) is 0.556. The number of carbonyl (C=O) groups is 1. The number of halogens is 3. The number of carbonyl (C=O) groups excluding carboxylic acids is 1. The first-order valence-corrected chi connectivity index (χ1v) is 4.65. The maximum absolute atomic E-state index is 11.9. The molecule has 0 aliphatic rings. The van der Waals surface area contributed by atoms with E-state index < -0.39 is 18.6 Å². The summed E-state index contributed by atoms with van der Waals surface area (Å²) >= 11 is 0. The molecule has 0 bridgehead atoms. The maximum atomic E-state index is 11.9. The highest BCUT2D eigenvalue weighted by atomic mass is 19.4. The molecule has 0 saturated heterocycles. The van der Waals surface area contributed by atoms with Crippen molar-refractivity contribution in [2.24, 2.45) is 7.05 Å². The Balaban J connectivity index is 2.55. The third-order valence-corrected chi connectivity index (χ3v) is 2.05. The molecule has 0 aliphatic carbocycles. The van der Waals surface area contributed by atoms with Gasteiger partial charge in [-0.2, -0.15) is 17.7 Å². The summed E-state index contributed by atoms with van der Waals surface area (Å²) in [5, 5.41) is 0. The van der Waals surface area contributed by atoms with Crippen molar-refractivity contribution in [1.82, 2.24) is 9.47 Å². The van der Waals surface area contributed by atoms with Crippen molar-refractivity contribution >= 4 is 6.03 Å². The number of hydrogen-bond acceptors (Lipinski definition) is 1. The van der Waals surface area contributed by atoms with Gasteiger partial charge in [0.05, 0.1) is 13.5 Å². The van der Waals surface area contributed by atoms with E-state index in [1.54, 1.807) is 17.8 Å². The van der Waals surface area contributed by atoms with Gasteiger partial charge in [0.2, 0.25) is 0 Å². The number of aromatic nitrogens is 2. The fourth-order valence-electron chi connectivity index (χ4n) is 1.15. The van der Waals surface area contributed by atoms with Crippen LogP contribution in [0.4, 0.5) is 18.0 Å². The number of rotatable bonds is 2. The summed E-state index contributed by atoms with van der Waals surface area (Å²) in [7, 11) is 3.06. The van der Waals surface area contributed by atoms with Crippen LogP contribution in [0.5, 0.6) is 0 Å². The van der Waals surface area contributed by atoms with E-state index in [4.69, 9.17) is 0 Å². The van der Waals surface area contributed by atoms with E-state index in [2.05, 4.69) is 0 Å². The number of alkyl halides is 3. The van der Waals surface area contributed by atoms with E-state index in [9.17, 15) is 18.0 Å². The van der Waals surface area contributed by atoms with Crippen LogP contribution in [0.3, 0.4) is 0 Å². The molecule has 0 aromatic carbocycles. The molecular formula is C9H13F3N3O+. The first-order valence-electron chi connectivity index (χ1n) is 4.65. The zero-order chi connectivity index (χ0) is 12.3. The lowest BCUT2D eigenvalue weighted by atomic mass is 10.4. The van der Waals surface area contributed by atoms with Crippen molar-refractivity contribution in [3.63, 3.8) is 0 Å². The van der Waals surface area contributed by atoms with Crippen molar-refractivity contribution < 1.29 is 22.5 Å². The number of imidazole rings is 1. The van der Waals surface area contributed by atoms with Gasteiger partial charge >= 0.3 is 12.2 Å². The Morgan fingerprint density at radius 3 is 2.56 bits per heavy atom. The maximum Gasteiger partial charge on any atom is 0.415 e. The Morgan fingerprint density at radius 2 is 2.12 bits per heavy atom. The highest BCUT2D eigenvalue weighted by Crippen LogP contribution is 2.19. The molecule has 0 radical (unpaired) electrons. The van der Waals surface area contributed by atoms with Crippen molar-refractivity contribution in [1.29, 1.82) is 0 Å². The van der Waals surface area contributed by atoms with Gasteiger partial charge in [-0.25, -0.2) is 9.36 Å². The number of hydrogen-bond donors (Lipinski definition) is 0. The summed E-state index contributed by atoms with van der Waals surface area (Å²) in [6, 6.07) is -0.482. The zero-order valence-electron chi connectivity index (χ0n) is 9.03. The lowest BCUT2D eigenvalue weighted by molar-refractivity contribution is -0.670. The molecule has 0 spiro atoms. The van der Waals surface area contributed by atoms with Crippen LogP contribution >= 0.6 is 0 Å². The topological polar surface area (TPSA) is 29.1 Å². The molecule has 7 heteroatoms. The number of amides is 1. The molecule has 0 fully saturated rings. The summed E-state index contributed by atoms with van der Waals surface area (Å²) in [5.41, 5.74) is 0. The van der Waals surface area contributed by atoms with E-state index in [1.807, 2.05) is 0 Å². The molecule has 0 aliphatic heterocycles. The van der Waals surface area contributed by atoms with Crippen molar-refractivity contribution in [2.75, 3.05) is 13.6 Å². The first kappa shape index (κ1) is 12.5. The smallest absolute Gasteiger partial charge is 0.307 e. The van der Waals surface area contributed by atoms with Crippen molar-refractivity contribution in [3.05, 3.63) is 18.7 Å². The average molecular weight is 236 g/mol. The van der Waals surface area contributed by atoms with Crippen molar-refractivity contribution in [2.45, 2.75) is 12.6 Å². The minimum absolute atomic E-state index is 0.343. The third kappa shape index (κ3) is 3.56. The van der Waals surface area contributed by atoms with Gasteiger partial charge < -0.3 is 4.90 Å². The van der Waals surface area contributed by atoms with Crippen LogP contribution in [0.15, 0.2) is 18.7 Å². The van der Waals surface area contributed by atoms with Gasteiger partial charge in [-0.15, -0.1) is 0 Å². The number of aryl methyl sites for hydroxylation is 1. The van der Waals surface area contributed by atoms with Crippen LogP contribution in [0.25, 0.3) is 0 Å². The quantitative estimate of drug-likeness (QED) is 0.708. The van der Waals surface area contributed by atoms with Gasteiger partial charge in [0.25, 0.3) is 6.33 Å². The molecule has 1 rings (SSSR count). The minimum atomic E-state index is -4.24. The van der Waals surface area contributed by atoms with Crippen LogP contribution in [0.2, 0.25) is 0 Å². The molecule has 0 N–H and O–H groups in total. The zero-order valence-corrected chi connectivity index (χ0v) is 9.03. The van der Waals surface area contributed by atoms with E-state index in [1.165, 1.54) is 24.1 Å². The summed E-state index contributed by atoms with van der Waals surface area (Å²) in [6.45, 7) is -0.343. The Kier molecular flexibility index (Phi) is 3.56. The van der Waals surface area contributed by atoms with E-state index in [0.717, 1.165) is 4.90 Å². The van der Waals surface area contributed by atoms with Crippen LogP contribution < -0.4 is 4.57 Å². The molecule has 1 aromatic rings. The highest BCUT2D eigenvalue weighted by molar-refractivity contribution is 5.76. The molecule has 90 valence electrons. The summed E-state index contributed by atoms with van der Waals surface area (Å²) in [4.78, 5) is 12.6. The Hall–Kier alpha value is -1.53. The van der Waals surface area contributed by atoms with Crippen LogP contribution in [0.1, 0.15) is 6.42 Å². The highest BCUT2D eigenvalue weighted by Gasteiger charge is 2.29. The molecular weight excluding hydrogens is 223 g/mol. The lowest BCUT2D eigenvalue weighted by Crippen LogP contribution is -2.34. The van der Waals surface area contributed by atoms with Crippen molar-refractivity contribution in [3.8, 4) is 0 Å². The van der Waals surface area contributed by atoms with Gasteiger partial charge in [-0.1, -0.05) is 0 Å². The van der Waals surface area contributed by atoms with E-state index in [0.29, 0.717) is 0 Å². The third-order valence-electron chi connectivity index (χ3n) is 2.05. The predicted octanol–water partition coefficient (Wildman–Crippen LogP) is 1.16. The van der Waals surface area contributed by atoms with Gasteiger partial charge in [0.15, 0.2) is 0 Å². The SMILES string of the molecule is CN(CCC(F)(F)F)C(=O)n1cc[n+](C)c1. The minimum Gasteiger partial charge on any atom is -0.307 e. The average Bonchev–Trinajstić information content (AvgIpc) is 2.59. The van der Waals surface area contributed by atoms with Gasteiger partial charge in [-0.05, 0) is 0 Å². The fourth-order valence-corrected chi connectivity index (χ4v) is 1.15. The molecule has 1 amide bonds. The molecule has 0 saturated carbocycles. The largest absolute Gasteiger partial charge is 0.415 e. The standard InChI is InChI=1S/C9H13F3N3O/c1-13-5-6-15(7-13)8(16)14(2)4-3-9(10,11)12/h5-7H,3-4H2,1-2H3/q+1. The Morgan fingerprint density at radius 1 is 1.50 bits per heavy atom. The van der Waals surface area contributed by atoms with Crippen LogP contribution in [-0.4, -0.2) is 35.3 Å². The monoisotopic (exact) mass is 236 g/mol. The molecule has 0 unspecified atom stereocenters. The second-order valence-corrected chi connectivity index (χ2v) is 3.56. The predicted molar refractivity (Wildman–Crippen MR) is 49.7 cm³/mol. The lowest BCUT2D eigenvalue weighted by Gasteiger charge is -2.14. The number of nitrogens with zero attached hydrogens (tertiary/aromatic N) is 3. The Bertz CT molecular complexity index is 372. The summed E-state index contributed by atoms with van der Waals surface area (Å²) in [6.07, 6.45) is -0.618.